The van der Waals surface area contributed by atoms with Crippen LogP contribution in [0.4, 0.5) is 0 Å². The lowest BCUT2D eigenvalue weighted by molar-refractivity contribution is -0.156. The van der Waals surface area contributed by atoms with Crippen LogP contribution in [-0.2, 0) is 34.4 Å². The van der Waals surface area contributed by atoms with Gasteiger partial charge < -0.3 is 27.8 Å². The van der Waals surface area contributed by atoms with E-state index in [9.17, 15) is 14.4 Å². The third-order valence-electron chi connectivity index (χ3n) is 10.1. The molecule has 48 heavy (non-hydrogen) atoms. The fourth-order valence-corrected chi connectivity index (χ4v) is 7.74. The maximum Gasteiger partial charge on any atom is 0.338 e. The Morgan fingerprint density at radius 2 is 1.33 bits per heavy atom. The SMILES string of the molecule is COc1ccc(Cn2c(=O)ccn([C@@H]3O[C@H]([C@@H]4O[C@H]4C(=O)OC(C)(C)C)[C@@H](O[Si](C)(C)C(C)(C)C)[C@H]3O[Si](C)(C)C(C)(C)C)c2=O)cc1. The number of methoxy groups -OCH3 is 1. The molecule has 2 saturated heterocycles. The number of hydrogen-bond acceptors (Lipinski definition) is 9. The van der Waals surface area contributed by atoms with Gasteiger partial charge >= 0.3 is 11.7 Å². The molecule has 1 aromatic carbocycles. The van der Waals surface area contributed by atoms with Crippen molar-refractivity contribution in [3.63, 3.8) is 0 Å². The maximum absolute atomic E-state index is 14.2. The minimum absolute atomic E-state index is 0.0583. The molecule has 0 bridgehead atoms. The second-order valence-electron chi connectivity index (χ2n) is 17.0. The molecule has 2 aliphatic heterocycles. The van der Waals surface area contributed by atoms with Crippen molar-refractivity contribution in [2.75, 3.05) is 7.11 Å². The number of epoxide rings is 1. The Bertz CT molecular complexity index is 1580. The highest BCUT2D eigenvalue weighted by molar-refractivity contribution is 6.74. The standard InChI is InChI=1S/C35H56N2O9Si2/c1-33(2,3)44-31(39)29-26(42-29)25-27(45-47(11,12)34(4,5)6)28(46-48(13,14)35(7,8)9)30(43-25)36-20-19-24(38)37(32(36)40)21-22-15-17-23(41-10)18-16-22/h15-20,25-30H,21H2,1-14H3/t25-,26+,27-,28-,29-,30-/m1/s1. The van der Waals surface area contributed by atoms with Gasteiger partial charge in [-0.25, -0.2) is 9.59 Å². The van der Waals surface area contributed by atoms with Crippen molar-refractivity contribution in [1.29, 1.82) is 0 Å². The summed E-state index contributed by atoms with van der Waals surface area (Å²) in [5.41, 5.74) is -0.909. The summed E-state index contributed by atoms with van der Waals surface area (Å²) in [5, 5.41) is -0.334. The van der Waals surface area contributed by atoms with Gasteiger partial charge in [0.05, 0.1) is 13.7 Å². The third kappa shape index (κ3) is 8.24. The second-order valence-corrected chi connectivity index (χ2v) is 26.5. The van der Waals surface area contributed by atoms with E-state index in [1.807, 2.05) is 32.9 Å². The van der Waals surface area contributed by atoms with Crippen molar-refractivity contribution < 1.29 is 32.6 Å². The van der Waals surface area contributed by atoms with Crippen LogP contribution in [0.3, 0.4) is 0 Å². The second kappa shape index (κ2) is 13.3. The topological polar surface area (TPSA) is 120 Å². The van der Waals surface area contributed by atoms with Crippen LogP contribution in [0.1, 0.15) is 74.1 Å². The van der Waals surface area contributed by atoms with Crippen molar-refractivity contribution in [3.05, 3.63) is 62.9 Å². The molecule has 6 atom stereocenters. The summed E-state index contributed by atoms with van der Waals surface area (Å²) >= 11 is 0. The molecule has 0 unspecified atom stereocenters. The zero-order valence-electron chi connectivity index (χ0n) is 31.2. The number of hydrogen-bond donors (Lipinski definition) is 0. The highest BCUT2D eigenvalue weighted by atomic mass is 28.4. The lowest BCUT2D eigenvalue weighted by atomic mass is 10.1. The van der Waals surface area contributed by atoms with Gasteiger partial charge in [-0.05, 0) is 74.7 Å². The first-order chi connectivity index (χ1) is 21.9. The molecule has 268 valence electrons. The molecule has 2 aliphatic rings. The first-order valence-corrected chi connectivity index (χ1v) is 22.5. The number of carbonyl (C=O) groups excluding carboxylic acids is 1. The molecule has 1 aromatic heterocycles. The van der Waals surface area contributed by atoms with Crippen LogP contribution in [-0.4, -0.2) is 75.0 Å². The van der Waals surface area contributed by atoms with Crippen molar-refractivity contribution in [2.45, 2.75) is 147 Å². The van der Waals surface area contributed by atoms with Gasteiger partial charge in [-0.3, -0.25) is 13.9 Å². The van der Waals surface area contributed by atoms with Gasteiger partial charge in [-0.15, -0.1) is 0 Å². The van der Waals surface area contributed by atoms with Crippen LogP contribution in [0.5, 0.6) is 5.75 Å². The Labute approximate surface area is 287 Å². The largest absolute Gasteiger partial charge is 0.497 e. The predicted octanol–water partition coefficient (Wildman–Crippen LogP) is 5.85. The van der Waals surface area contributed by atoms with Gasteiger partial charge in [0.15, 0.2) is 29.0 Å². The zero-order valence-corrected chi connectivity index (χ0v) is 33.2. The van der Waals surface area contributed by atoms with E-state index in [1.54, 1.807) is 19.2 Å². The molecule has 0 N–H and O–H groups in total. The third-order valence-corrected chi connectivity index (χ3v) is 19.0. The number of benzene rings is 1. The van der Waals surface area contributed by atoms with E-state index in [2.05, 4.69) is 67.7 Å². The number of carbonyl (C=O) groups is 1. The summed E-state index contributed by atoms with van der Waals surface area (Å²) in [6.07, 6.45) is -3.15. The van der Waals surface area contributed by atoms with Gasteiger partial charge in [0.2, 0.25) is 0 Å². The summed E-state index contributed by atoms with van der Waals surface area (Å²) in [4.78, 5) is 40.5. The molecule has 13 heteroatoms. The smallest absolute Gasteiger partial charge is 0.338 e. The van der Waals surface area contributed by atoms with Crippen LogP contribution in [0, 0.1) is 0 Å². The van der Waals surface area contributed by atoms with Gasteiger partial charge in [-0.2, -0.15) is 0 Å². The fraction of sp³-hybridized carbons (Fsp3) is 0.686. The molecule has 0 radical (unpaired) electrons. The fourth-order valence-electron chi connectivity index (χ4n) is 5.15. The summed E-state index contributed by atoms with van der Waals surface area (Å²) in [7, 11) is -3.40. The molecule has 2 fully saturated rings. The summed E-state index contributed by atoms with van der Waals surface area (Å²) < 4.78 is 40.5. The van der Waals surface area contributed by atoms with E-state index in [0.717, 1.165) is 5.56 Å². The highest BCUT2D eigenvalue weighted by Gasteiger charge is 2.63. The van der Waals surface area contributed by atoms with Crippen LogP contribution in [0.25, 0.3) is 0 Å². The Kier molecular flexibility index (Phi) is 10.6. The van der Waals surface area contributed by atoms with Gasteiger partial charge in [0.1, 0.15) is 35.8 Å². The van der Waals surface area contributed by atoms with Crippen molar-refractivity contribution in [2.24, 2.45) is 0 Å². The van der Waals surface area contributed by atoms with Gasteiger partial charge in [0.25, 0.3) is 5.56 Å². The van der Waals surface area contributed by atoms with Crippen LogP contribution < -0.4 is 16.0 Å². The number of aromatic nitrogens is 2. The number of nitrogens with zero attached hydrogens (tertiary/aromatic N) is 2. The molecular formula is C35H56N2O9Si2. The van der Waals surface area contributed by atoms with E-state index in [0.29, 0.717) is 5.75 Å². The molecule has 3 heterocycles. The monoisotopic (exact) mass is 704 g/mol. The van der Waals surface area contributed by atoms with E-state index >= 15 is 0 Å². The molecule has 11 nitrogen and oxygen atoms in total. The Morgan fingerprint density at radius 1 is 0.792 bits per heavy atom. The lowest BCUT2D eigenvalue weighted by Crippen LogP contribution is -2.55. The van der Waals surface area contributed by atoms with Crippen LogP contribution in [0.15, 0.2) is 46.1 Å². The summed E-state index contributed by atoms with van der Waals surface area (Å²) in [5.74, 6) is 0.199. The summed E-state index contributed by atoms with van der Waals surface area (Å²) in [6.45, 7) is 27.0. The predicted molar refractivity (Wildman–Crippen MR) is 190 cm³/mol. The average Bonchev–Trinajstić information content (AvgIpc) is 3.67. The Morgan fingerprint density at radius 3 is 1.83 bits per heavy atom. The molecule has 4 rings (SSSR count). The Balaban J connectivity index is 1.83. The lowest BCUT2D eigenvalue weighted by Gasteiger charge is -2.44. The van der Waals surface area contributed by atoms with E-state index < -0.39 is 76.2 Å². The van der Waals surface area contributed by atoms with Crippen molar-refractivity contribution >= 4 is 22.6 Å². The molecule has 0 saturated carbocycles. The molecular weight excluding hydrogens is 649 g/mol. The number of esters is 1. The van der Waals surface area contributed by atoms with E-state index in [1.165, 1.54) is 21.4 Å². The minimum Gasteiger partial charge on any atom is -0.497 e. The van der Waals surface area contributed by atoms with Gasteiger partial charge in [0, 0.05) is 12.3 Å². The first-order valence-electron chi connectivity index (χ1n) is 16.7. The number of ether oxygens (including phenoxy) is 4. The van der Waals surface area contributed by atoms with Crippen molar-refractivity contribution in [1.82, 2.24) is 9.13 Å². The Hall–Kier alpha value is -2.56. The molecule has 0 spiro atoms. The molecule has 0 aliphatic carbocycles. The first kappa shape index (κ1) is 38.2. The average molecular weight is 705 g/mol. The van der Waals surface area contributed by atoms with Crippen LogP contribution >= 0.6 is 0 Å². The highest BCUT2D eigenvalue weighted by Crippen LogP contribution is 2.48. The molecule has 2 aromatic rings. The maximum atomic E-state index is 14.2. The van der Waals surface area contributed by atoms with Crippen LogP contribution in [0.2, 0.25) is 36.3 Å². The van der Waals surface area contributed by atoms with Crippen molar-refractivity contribution in [3.8, 4) is 5.75 Å². The normalized spacial score (nSPS) is 25.2. The zero-order chi connectivity index (χ0) is 36.2. The van der Waals surface area contributed by atoms with E-state index in [4.69, 9.17) is 27.8 Å². The minimum atomic E-state index is -2.51. The van der Waals surface area contributed by atoms with E-state index in [-0.39, 0.29) is 16.6 Å². The summed E-state index contributed by atoms with van der Waals surface area (Å²) in [6, 6.07) is 8.58. The molecule has 0 amide bonds. The number of rotatable bonds is 10. The quantitative estimate of drug-likeness (QED) is 0.170. The van der Waals surface area contributed by atoms with Gasteiger partial charge in [-0.1, -0.05) is 53.7 Å².